The zero-order valence-electron chi connectivity index (χ0n) is 13.7. The van der Waals surface area contributed by atoms with Crippen molar-refractivity contribution in [3.8, 4) is 0 Å². The van der Waals surface area contributed by atoms with Crippen LogP contribution in [-0.4, -0.2) is 23.6 Å². The summed E-state index contributed by atoms with van der Waals surface area (Å²) in [6, 6.07) is 2.87. The van der Waals surface area contributed by atoms with E-state index in [4.69, 9.17) is 44.1 Å². The zero-order chi connectivity index (χ0) is 18.7. The molecule has 2 aromatic rings. The van der Waals surface area contributed by atoms with Gasteiger partial charge in [-0.2, -0.15) is 0 Å². The number of halogens is 3. The van der Waals surface area contributed by atoms with E-state index >= 15 is 0 Å². The highest BCUT2D eigenvalue weighted by Crippen LogP contribution is 2.33. The average Bonchev–Trinajstić information content (AvgIpc) is 2.90. The Hall–Kier alpha value is -1.76. The van der Waals surface area contributed by atoms with Gasteiger partial charge in [-0.05, 0) is 19.1 Å². The summed E-state index contributed by atoms with van der Waals surface area (Å²) < 4.78 is 10.2. The minimum atomic E-state index is -0.689. The lowest BCUT2D eigenvalue weighted by Gasteiger charge is -2.10. The monoisotopic (exact) mass is 404 g/mol. The summed E-state index contributed by atoms with van der Waals surface area (Å²) in [5, 5.41) is 6.93. The molecule has 1 N–H and O–H groups in total. The molecular weight excluding hydrogens is 391 g/mol. The molecule has 0 aliphatic carbocycles. The molecule has 134 valence electrons. The van der Waals surface area contributed by atoms with Gasteiger partial charge in [-0.1, -0.05) is 53.8 Å². The van der Waals surface area contributed by atoms with Crippen LogP contribution in [0.1, 0.15) is 41.6 Å². The Morgan fingerprint density at radius 2 is 1.84 bits per heavy atom. The van der Waals surface area contributed by atoms with E-state index in [1.807, 2.05) is 13.8 Å². The van der Waals surface area contributed by atoms with Crippen molar-refractivity contribution >= 4 is 52.4 Å². The van der Waals surface area contributed by atoms with Gasteiger partial charge in [0.05, 0.1) is 21.4 Å². The number of benzene rings is 1. The van der Waals surface area contributed by atoms with Crippen LogP contribution in [0.25, 0.3) is 0 Å². The topological polar surface area (TPSA) is 81.4 Å². The van der Waals surface area contributed by atoms with E-state index in [2.05, 4.69) is 10.5 Å². The molecule has 25 heavy (non-hydrogen) atoms. The van der Waals surface area contributed by atoms with Crippen molar-refractivity contribution in [2.45, 2.75) is 26.7 Å². The number of nitrogens with zero attached hydrogens (tertiary/aromatic N) is 1. The molecule has 0 atom stereocenters. The molecule has 0 aliphatic rings. The Bertz CT molecular complexity index is 795. The van der Waals surface area contributed by atoms with E-state index in [0.717, 1.165) is 0 Å². The Morgan fingerprint density at radius 1 is 1.24 bits per heavy atom. The number of aromatic nitrogens is 1. The molecule has 1 heterocycles. The number of hydrogen-bond donors (Lipinski definition) is 1. The third kappa shape index (κ3) is 4.66. The summed E-state index contributed by atoms with van der Waals surface area (Å²) in [4.78, 5) is 24.2. The maximum atomic E-state index is 12.2. The van der Waals surface area contributed by atoms with Gasteiger partial charge in [-0.25, -0.2) is 4.79 Å². The van der Waals surface area contributed by atoms with Crippen molar-refractivity contribution in [2.75, 3.05) is 11.9 Å². The van der Waals surface area contributed by atoms with Gasteiger partial charge in [0.2, 0.25) is 0 Å². The quantitative estimate of drug-likeness (QED) is 0.718. The van der Waals surface area contributed by atoms with Crippen LogP contribution in [0.4, 0.5) is 5.69 Å². The third-order valence-electron chi connectivity index (χ3n) is 3.22. The van der Waals surface area contributed by atoms with E-state index in [0.29, 0.717) is 16.5 Å². The Kier molecular flexibility index (Phi) is 6.32. The fraction of sp³-hybridized carbons (Fsp3) is 0.312. The minimum absolute atomic E-state index is 0.0516. The Labute approximate surface area is 159 Å². The van der Waals surface area contributed by atoms with Gasteiger partial charge in [0.25, 0.3) is 5.91 Å². The molecule has 0 spiro atoms. The lowest BCUT2D eigenvalue weighted by molar-refractivity contribution is -0.119. The van der Waals surface area contributed by atoms with Gasteiger partial charge < -0.3 is 14.6 Å². The highest BCUT2D eigenvalue weighted by molar-refractivity contribution is 6.42. The summed E-state index contributed by atoms with van der Waals surface area (Å²) in [7, 11) is 0. The maximum absolute atomic E-state index is 12.2. The first-order valence-electron chi connectivity index (χ1n) is 7.28. The molecule has 0 bridgehead atoms. The highest BCUT2D eigenvalue weighted by atomic mass is 35.5. The molecule has 0 saturated heterocycles. The fourth-order valence-corrected chi connectivity index (χ4v) is 2.98. The van der Waals surface area contributed by atoms with Gasteiger partial charge in [0, 0.05) is 10.9 Å². The summed E-state index contributed by atoms with van der Waals surface area (Å²) in [5.74, 6) is -0.929. The summed E-state index contributed by atoms with van der Waals surface area (Å²) >= 11 is 17.8. The van der Waals surface area contributed by atoms with Crippen molar-refractivity contribution in [2.24, 2.45) is 0 Å². The van der Waals surface area contributed by atoms with Crippen LogP contribution in [0.2, 0.25) is 15.1 Å². The molecule has 6 nitrogen and oxygen atoms in total. The number of carbonyl (C=O) groups is 2. The van der Waals surface area contributed by atoms with Gasteiger partial charge in [-0.3, -0.25) is 4.79 Å². The standard InChI is InChI=1S/C16H15Cl3N2O4/c1-7(2)15-13(8(3)21-25-15)16(23)24-6-12(22)20-14-10(18)4-9(17)5-11(14)19/h4-5,7H,6H2,1-3H3,(H,20,22). The maximum Gasteiger partial charge on any atom is 0.344 e. The highest BCUT2D eigenvalue weighted by Gasteiger charge is 2.24. The van der Waals surface area contributed by atoms with E-state index in [9.17, 15) is 9.59 Å². The van der Waals surface area contributed by atoms with Gasteiger partial charge in [0.1, 0.15) is 5.56 Å². The SMILES string of the molecule is Cc1noc(C(C)C)c1C(=O)OCC(=O)Nc1c(Cl)cc(Cl)cc1Cl. The molecule has 1 aromatic heterocycles. The van der Waals surface area contributed by atoms with Crippen LogP contribution >= 0.6 is 34.8 Å². The fourth-order valence-electron chi connectivity index (χ4n) is 2.07. The largest absolute Gasteiger partial charge is 0.452 e. The van der Waals surface area contributed by atoms with E-state index in [1.165, 1.54) is 12.1 Å². The second kappa shape index (κ2) is 8.08. The lowest BCUT2D eigenvalue weighted by atomic mass is 10.1. The van der Waals surface area contributed by atoms with Gasteiger partial charge in [0.15, 0.2) is 12.4 Å². The second-order valence-corrected chi connectivity index (χ2v) is 6.78. The first kappa shape index (κ1) is 19.6. The molecule has 1 aromatic carbocycles. The van der Waals surface area contributed by atoms with Crippen LogP contribution in [0.5, 0.6) is 0 Å². The minimum Gasteiger partial charge on any atom is -0.452 e. The number of esters is 1. The number of aryl methyl sites for hydroxylation is 1. The average molecular weight is 406 g/mol. The number of amides is 1. The molecule has 0 fully saturated rings. The molecule has 0 radical (unpaired) electrons. The molecular formula is C16H15Cl3N2O4. The smallest absolute Gasteiger partial charge is 0.344 e. The first-order chi connectivity index (χ1) is 11.7. The van der Waals surface area contributed by atoms with E-state index in [1.54, 1.807) is 6.92 Å². The third-order valence-corrected chi connectivity index (χ3v) is 4.04. The molecule has 0 aliphatic heterocycles. The molecule has 0 unspecified atom stereocenters. The van der Waals surface area contributed by atoms with Crippen molar-refractivity contribution in [3.63, 3.8) is 0 Å². The molecule has 2 rings (SSSR count). The second-order valence-electron chi connectivity index (χ2n) is 5.53. The van der Waals surface area contributed by atoms with E-state index in [-0.39, 0.29) is 27.2 Å². The Morgan fingerprint density at radius 3 is 2.40 bits per heavy atom. The first-order valence-corrected chi connectivity index (χ1v) is 8.41. The van der Waals surface area contributed by atoms with E-state index < -0.39 is 18.5 Å². The van der Waals surface area contributed by atoms with Crippen LogP contribution < -0.4 is 5.32 Å². The number of rotatable bonds is 5. The van der Waals surface area contributed by atoms with Crippen LogP contribution in [0, 0.1) is 6.92 Å². The normalized spacial score (nSPS) is 10.8. The number of carbonyl (C=O) groups excluding carboxylic acids is 2. The Balaban J connectivity index is 2.04. The van der Waals surface area contributed by atoms with Gasteiger partial charge >= 0.3 is 5.97 Å². The number of nitrogens with one attached hydrogen (secondary N) is 1. The molecule has 1 amide bonds. The van der Waals surface area contributed by atoms with Crippen LogP contribution in [-0.2, 0) is 9.53 Å². The molecule has 9 heteroatoms. The summed E-state index contributed by atoms with van der Waals surface area (Å²) in [5.41, 5.74) is 0.820. The van der Waals surface area contributed by atoms with Crippen molar-refractivity contribution < 1.29 is 18.8 Å². The summed E-state index contributed by atoms with van der Waals surface area (Å²) in [6.45, 7) is 4.82. The van der Waals surface area contributed by atoms with Crippen LogP contribution in [0.3, 0.4) is 0 Å². The van der Waals surface area contributed by atoms with Crippen LogP contribution in [0.15, 0.2) is 16.7 Å². The van der Waals surface area contributed by atoms with Crippen molar-refractivity contribution in [1.82, 2.24) is 5.16 Å². The summed E-state index contributed by atoms with van der Waals surface area (Å²) in [6.07, 6.45) is 0. The zero-order valence-corrected chi connectivity index (χ0v) is 15.9. The number of anilines is 1. The number of ether oxygens (including phenoxy) is 1. The predicted molar refractivity (Wildman–Crippen MR) is 95.7 cm³/mol. The number of hydrogen-bond acceptors (Lipinski definition) is 5. The lowest BCUT2D eigenvalue weighted by Crippen LogP contribution is -2.22. The van der Waals surface area contributed by atoms with Gasteiger partial charge in [-0.15, -0.1) is 0 Å². The predicted octanol–water partition coefficient (Wildman–Crippen LogP) is 4.86. The van der Waals surface area contributed by atoms with Crippen molar-refractivity contribution in [3.05, 3.63) is 44.2 Å². The van der Waals surface area contributed by atoms with Crippen molar-refractivity contribution in [1.29, 1.82) is 0 Å². The molecule has 0 saturated carbocycles.